The molecule has 0 fully saturated rings. The fourth-order valence-electron chi connectivity index (χ4n) is 3.41. The Morgan fingerprint density at radius 3 is 2.58 bits per heavy atom. The minimum absolute atomic E-state index is 0.317. The van der Waals surface area contributed by atoms with Crippen LogP contribution in [0.3, 0.4) is 0 Å². The second-order valence-electron chi connectivity index (χ2n) is 8.01. The van der Waals surface area contributed by atoms with Gasteiger partial charge in [-0.1, -0.05) is 18.2 Å². The molecule has 0 amide bonds. The molecule has 0 spiro atoms. The summed E-state index contributed by atoms with van der Waals surface area (Å²) in [5.74, 6) is 2.39. The number of aryl methyl sites for hydroxylation is 1. The van der Waals surface area contributed by atoms with Gasteiger partial charge in [-0.15, -0.1) is 0 Å². The normalized spacial score (nSPS) is 11.3. The van der Waals surface area contributed by atoms with Gasteiger partial charge in [-0.25, -0.2) is 9.97 Å². The standard InChI is InChI=1S/C24H28N6O/c1-17-6-5-7-20(12-17)31-16-23-27-22-9-8-18(19-14-25-26-15-19)13-21(22)24(28-23)30(4)11-10-29(2)3/h5-9,12-15H,10-11,16H2,1-4H3,(H,25,26). The van der Waals surface area contributed by atoms with Gasteiger partial charge in [-0.2, -0.15) is 5.10 Å². The fourth-order valence-corrected chi connectivity index (χ4v) is 3.41. The van der Waals surface area contributed by atoms with E-state index in [0.29, 0.717) is 12.4 Å². The molecular formula is C24H28N6O. The van der Waals surface area contributed by atoms with Crippen LogP contribution in [0.15, 0.2) is 54.9 Å². The first kappa shape index (κ1) is 20.8. The maximum Gasteiger partial charge on any atom is 0.168 e. The van der Waals surface area contributed by atoms with E-state index < -0.39 is 0 Å². The number of ether oxygens (including phenoxy) is 1. The van der Waals surface area contributed by atoms with Crippen LogP contribution in [-0.2, 0) is 6.61 Å². The summed E-state index contributed by atoms with van der Waals surface area (Å²) in [5, 5.41) is 7.96. The molecule has 0 bridgehead atoms. The number of benzene rings is 2. The van der Waals surface area contributed by atoms with E-state index in [1.165, 1.54) is 0 Å². The molecule has 0 atom stereocenters. The smallest absolute Gasteiger partial charge is 0.168 e. The number of aromatic amines is 1. The second-order valence-corrected chi connectivity index (χ2v) is 8.01. The predicted molar refractivity (Wildman–Crippen MR) is 124 cm³/mol. The van der Waals surface area contributed by atoms with Crippen molar-refractivity contribution >= 4 is 16.7 Å². The molecule has 1 N–H and O–H groups in total. The first-order valence-corrected chi connectivity index (χ1v) is 10.3. The van der Waals surface area contributed by atoms with E-state index in [2.05, 4.69) is 66.3 Å². The van der Waals surface area contributed by atoms with Crippen LogP contribution in [-0.4, -0.2) is 59.3 Å². The van der Waals surface area contributed by atoms with E-state index in [1.54, 1.807) is 0 Å². The second kappa shape index (κ2) is 9.14. The predicted octanol–water partition coefficient (Wildman–Crippen LogP) is 3.91. The molecule has 7 heteroatoms. The topological polar surface area (TPSA) is 70.2 Å². The summed E-state index contributed by atoms with van der Waals surface area (Å²) >= 11 is 0. The fraction of sp³-hybridized carbons (Fsp3) is 0.292. The monoisotopic (exact) mass is 416 g/mol. The van der Waals surface area contributed by atoms with E-state index in [-0.39, 0.29) is 0 Å². The van der Waals surface area contributed by atoms with Crippen molar-refractivity contribution in [1.29, 1.82) is 0 Å². The van der Waals surface area contributed by atoms with Crippen LogP contribution in [0, 0.1) is 6.92 Å². The quantitative estimate of drug-likeness (QED) is 0.470. The van der Waals surface area contributed by atoms with Gasteiger partial charge >= 0.3 is 0 Å². The molecule has 7 nitrogen and oxygen atoms in total. The number of fused-ring (bicyclic) bond motifs is 1. The van der Waals surface area contributed by atoms with Crippen LogP contribution in [0.25, 0.3) is 22.0 Å². The maximum absolute atomic E-state index is 5.97. The van der Waals surface area contributed by atoms with E-state index in [0.717, 1.165) is 52.3 Å². The lowest BCUT2D eigenvalue weighted by molar-refractivity contribution is 0.296. The zero-order valence-corrected chi connectivity index (χ0v) is 18.5. The van der Waals surface area contributed by atoms with Crippen LogP contribution in [0.5, 0.6) is 5.75 Å². The lowest BCUT2D eigenvalue weighted by Gasteiger charge is -2.22. The van der Waals surface area contributed by atoms with Gasteiger partial charge in [0.1, 0.15) is 18.2 Å². The van der Waals surface area contributed by atoms with Gasteiger partial charge in [0, 0.05) is 37.3 Å². The molecular weight excluding hydrogens is 388 g/mol. The first-order valence-electron chi connectivity index (χ1n) is 10.3. The van der Waals surface area contributed by atoms with Crippen LogP contribution in [0.2, 0.25) is 0 Å². The van der Waals surface area contributed by atoms with Crippen molar-refractivity contribution < 1.29 is 4.74 Å². The summed E-state index contributed by atoms with van der Waals surface area (Å²) in [6.45, 7) is 4.15. The van der Waals surface area contributed by atoms with Crippen molar-refractivity contribution in [1.82, 2.24) is 25.1 Å². The summed E-state index contributed by atoms with van der Waals surface area (Å²) in [4.78, 5) is 14.0. The molecule has 0 aliphatic heterocycles. The zero-order valence-electron chi connectivity index (χ0n) is 18.5. The van der Waals surface area contributed by atoms with Crippen molar-refractivity contribution in [2.24, 2.45) is 0 Å². The highest BCUT2D eigenvalue weighted by atomic mass is 16.5. The number of nitrogens with one attached hydrogen (secondary N) is 1. The van der Waals surface area contributed by atoms with Gasteiger partial charge in [0.2, 0.25) is 0 Å². The third-order valence-corrected chi connectivity index (χ3v) is 5.16. The molecule has 0 aliphatic rings. The van der Waals surface area contributed by atoms with Crippen LogP contribution in [0.4, 0.5) is 5.82 Å². The molecule has 2 aromatic heterocycles. The third-order valence-electron chi connectivity index (χ3n) is 5.16. The molecule has 2 heterocycles. The van der Waals surface area contributed by atoms with Crippen molar-refractivity contribution in [3.05, 3.63) is 66.2 Å². The number of nitrogens with zero attached hydrogens (tertiary/aromatic N) is 5. The van der Waals surface area contributed by atoms with Crippen molar-refractivity contribution in [2.45, 2.75) is 13.5 Å². The summed E-state index contributed by atoms with van der Waals surface area (Å²) in [7, 11) is 6.22. The van der Waals surface area contributed by atoms with Gasteiger partial charge < -0.3 is 14.5 Å². The van der Waals surface area contributed by atoms with Gasteiger partial charge in [0.25, 0.3) is 0 Å². The van der Waals surface area contributed by atoms with E-state index in [9.17, 15) is 0 Å². The Bertz CT molecular complexity index is 1160. The van der Waals surface area contributed by atoms with E-state index >= 15 is 0 Å². The lowest BCUT2D eigenvalue weighted by atomic mass is 10.1. The van der Waals surface area contributed by atoms with Crippen molar-refractivity contribution in [2.75, 3.05) is 39.1 Å². The molecule has 0 unspecified atom stereocenters. The maximum atomic E-state index is 5.97. The minimum Gasteiger partial charge on any atom is -0.486 e. The van der Waals surface area contributed by atoms with Gasteiger partial charge in [-0.05, 0) is 56.4 Å². The molecule has 0 saturated carbocycles. The average molecular weight is 417 g/mol. The SMILES string of the molecule is Cc1cccc(OCc2nc(N(C)CCN(C)C)c3cc(-c4cn[nH]c4)ccc3n2)c1. The van der Waals surface area contributed by atoms with Gasteiger partial charge in [0.05, 0.1) is 11.7 Å². The largest absolute Gasteiger partial charge is 0.486 e. The number of hydrogen-bond acceptors (Lipinski definition) is 6. The molecule has 0 saturated heterocycles. The third kappa shape index (κ3) is 5.00. The van der Waals surface area contributed by atoms with Crippen LogP contribution >= 0.6 is 0 Å². The molecule has 160 valence electrons. The summed E-state index contributed by atoms with van der Waals surface area (Å²) < 4.78 is 5.97. The van der Waals surface area contributed by atoms with Crippen LogP contribution in [0.1, 0.15) is 11.4 Å². The number of likely N-dealkylation sites (N-methyl/N-ethyl adjacent to an activating group) is 2. The van der Waals surface area contributed by atoms with Crippen molar-refractivity contribution in [3.8, 4) is 16.9 Å². The van der Waals surface area contributed by atoms with Gasteiger partial charge in [-0.3, -0.25) is 5.10 Å². The highest BCUT2D eigenvalue weighted by Gasteiger charge is 2.14. The Kier molecular flexibility index (Phi) is 6.13. The number of hydrogen-bond donors (Lipinski definition) is 1. The van der Waals surface area contributed by atoms with Crippen molar-refractivity contribution in [3.63, 3.8) is 0 Å². The Morgan fingerprint density at radius 2 is 1.84 bits per heavy atom. The Morgan fingerprint density at radius 1 is 0.968 bits per heavy atom. The molecule has 0 aliphatic carbocycles. The number of anilines is 1. The average Bonchev–Trinajstić information content (AvgIpc) is 3.30. The number of H-pyrrole nitrogens is 1. The summed E-state index contributed by atoms with van der Waals surface area (Å²) in [5.41, 5.74) is 4.18. The lowest BCUT2D eigenvalue weighted by Crippen LogP contribution is -2.29. The van der Waals surface area contributed by atoms with E-state index in [1.807, 2.05) is 36.7 Å². The molecule has 31 heavy (non-hydrogen) atoms. The molecule has 4 aromatic rings. The molecule has 2 aromatic carbocycles. The van der Waals surface area contributed by atoms with Gasteiger partial charge in [0.15, 0.2) is 5.82 Å². The van der Waals surface area contributed by atoms with Crippen LogP contribution < -0.4 is 9.64 Å². The minimum atomic E-state index is 0.317. The van der Waals surface area contributed by atoms with E-state index in [4.69, 9.17) is 14.7 Å². The first-order chi connectivity index (χ1) is 15.0. The number of aromatic nitrogens is 4. The Labute approximate surface area is 182 Å². The Balaban J connectivity index is 1.69. The zero-order chi connectivity index (χ0) is 21.8. The number of rotatable bonds is 8. The highest BCUT2D eigenvalue weighted by molar-refractivity contribution is 5.93. The molecule has 0 radical (unpaired) electrons. The Hall–Kier alpha value is -3.45. The summed E-state index contributed by atoms with van der Waals surface area (Å²) in [6, 6.07) is 14.2. The molecule has 4 rings (SSSR count). The summed E-state index contributed by atoms with van der Waals surface area (Å²) in [6.07, 6.45) is 3.71. The highest BCUT2D eigenvalue weighted by Crippen LogP contribution is 2.29.